The van der Waals surface area contributed by atoms with Crippen LogP contribution >= 0.6 is 22.9 Å². The van der Waals surface area contributed by atoms with Crippen LogP contribution in [0.3, 0.4) is 0 Å². The lowest BCUT2D eigenvalue weighted by Crippen LogP contribution is -2.17. The fourth-order valence-corrected chi connectivity index (χ4v) is 2.37. The van der Waals surface area contributed by atoms with Crippen molar-refractivity contribution in [2.75, 3.05) is 0 Å². The summed E-state index contributed by atoms with van der Waals surface area (Å²) in [7, 11) is 0. The first-order valence-electron chi connectivity index (χ1n) is 5.44. The highest BCUT2D eigenvalue weighted by molar-refractivity contribution is 7.11. The number of aryl methyl sites for hydroxylation is 1. The summed E-state index contributed by atoms with van der Waals surface area (Å²) in [5.74, 6) is -0.644. The molecule has 0 radical (unpaired) electrons. The molecule has 2 aromatic rings. The van der Waals surface area contributed by atoms with E-state index in [4.69, 9.17) is 11.6 Å². The molecule has 0 saturated heterocycles. The molecule has 1 heterocycles. The smallest absolute Gasteiger partial charge is 0.275 e. The maximum Gasteiger partial charge on any atom is 0.275 e. The molecule has 1 amide bonds. The molecule has 1 aromatic carbocycles. The molecule has 2 N–H and O–H groups in total. The third-order valence-corrected chi connectivity index (χ3v) is 3.64. The number of nitrogens with zero attached hydrogens (tertiary/aromatic N) is 1. The second-order valence-electron chi connectivity index (χ2n) is 3.83. The third kappa shape index (κ3) is 3.33. The van der Waals surface area contributed by atoms with Crippen LogP contribution in [-0.2, 0) is 0 Å². The molecule has 0 fully saturated rings. The van der Waals surface area contributed by atoms with E-state index in [1.165, 1.54) is 29.5 Å². The molecule has 0 spiro atoms. The molecule has 19 heavy (non-hydrogen) atoms. The summed E-state index contributed by atoms with van der Waals surface area (Å²) < 4.78 is 0. The van der Waals surface area contributed by atoms with Crippen molar-refractivity contribution in [2.45, 2.75) is 6.92 Å². The van der Waals surface area contributed by atoms with Crippen LogP contribution in [0.4, 0.5) is 0 Å². The second-order valence-corrected chi connectivity index (χ2v) is 5.21. The number of thiophene rings is 1. The fourth-order valence-electron chi connectivity index (χ4n) is 1.42. The predicted molar refractivity (Wildman–Crippen MR) is 77.2 cm³/mol. The van der Waals surface area contributed by atoms with Crippen molar-refractivity contribution in [3.8, 4) is 5.75 Å². The summed E-state index contributed by atoms with van der Waals surface area (Å²) in [5, 5.41) is 15.7. The maximum absolute atomic E-state index is 11.8. The van der Waals surface area contributed by atoms with Gasteiger partial charge >= 0.3 is 0 Å². The van der Waals surface area contributed by atoms with E-state index in [0.29, 0.717) is 5.02 Å². The highest BCUT2D eigenvalue weighted by Gasteiger charge is 2.10. The number of carbonyl (C=O) groups excluding carboxylic acids is 1. The van der Waals surface area contributed by atoms with Gasteiger partial charge in [-0.15, -0.1) is 11.3 Å². The molecule has 0 unspecified atom stereocenters. The van der Waals surface area contributed by atoms with Gasteiger partial charge < -0.3 is 5.11 Å². The van der Waals surface area contributed by atoms with Gasteiger partial charge in [0.1, 0.15) is 5.75 Å². The van der Waals surface area contributed by atoms with Crippen molar-refractivity contribution in [2.24, 2.45) is 5.10 Å². The first-order valence-corrected chi connectivity index (χ1v) is 6.69. The summed E-state index contributed by atoms with van der Waals surface area (Å²) in [6.45, 7) is 1.96. The summed E-state index contributed by atoms with van der Waals surface area (Å²) >= 11 is 7.30. The molecule has 0 saturated carbocycles. The Morgan fingerprint density at radius 3 is 2.95 bits per heavy atom. The first-order chi connectivity index (χ1) is 9.08. The first kappa shape index (κ1) is 13.6. The van der Waals surface area contributed by atoms with Gasteiger partial charge in [0.25, 0.3) is 5.91 Å². The monoisotopic (exact) mass is 294 g/mol. The summed E-state index contributed by atoms with van der Waals surface area (Å²) in [5.41, 5.74) is 3.53. The van der Waals surface area contributed by atoms with Gasteiger partial charge in [-0.05, 0) is 42.1 Å². The Kier molecular flexibility index (Phi) is 4.19. The Balaban J connectivity index is 2.08. The zero-order valence-corrected chi connectivity index (χ0v) is 11.6. The molecule has 0 atom stereocenters. The molecule has 0 aliphatic rings. The number of rotatable bonds is 3. The fraction of sp³-hybridized carbons (Fsp3) is 0.0769. The normalized spacial score (nSPS) is 10.8. The van der Waals surface area contributed by atoms with Gasteiger partial charge in [-0.1, -0.05) is 11.6 Å². The van der Waals surface area contributed by atoms with E-state index in [1.807, 2.05) is 18.4 Å². The molecule has 0 aliphatic heterocycles. The number of hydrogen-bond donors (Lipinski definition) is 2. The molecule has 0 bridgehead atoms. The van der Waals surface area contributed by atoms with Crippen molar-refractivity contribution < 1.29 is 9.90 Å². The zero-order chi connectivity index (χ0) is 13.8. The van der Waals surface area contributed by atoms with Gasteiger partial charge in [-0.25, -0.2) is 5.43 Å². The SMILES string of the molecule is Cc1ccsc1C=NNC(=O)c1cc(Cl)ccc1O. The van der Waals surface area contributed by atoms with Crippen molar-refractivity contribution in [1.82, 2.24) is 5.43 Å². The van der Waals surface area contributed by atoms with Crippen molar-refractivity contribution in [3.05, 3.63) is 50.7 Å². The van der Waals surface area contributed by atoms with Crippen molar-refractivity contribution in [1.29, 1.82) is 0 Å². The minimum atomic E-state index is -0.509. The molecule has 4 nitrogen and oxygen atoms in total. The third-order valence-electron chi connectivity index (χ3n) is 2.45. The van der Waals surface area contributed by atoms with E-state index in [2.05, 4.69) is 10.5 Å². The molecular formula is C13H11ClN2O2S. The quantitative estimate of drug-likeness (QED) is 0.674. The number of nitrogens with one attached hydrogen (secondary N) is 1. The van der Waals surface area contributed by atoms with Crippen LogP contribution in [0.25, 0.3) is 0 Å². The van der Waals surface area contributed by atoms with Crippen molar-refractivity contribution in [3.63, 3.8) is 0 Å². The second kappa shape index (κ2) is 5.86. The number of benzene rings is 1. The topological polar surface area (TPSA) is 61.7 Å². The molecule has 1 aromatic heterocycles. The predicted octanol–water partition coefficient (Wildman–Crippen LogP) is 3.18. The van der Waals surface area contributed by atoms with Gasteiger partial charge in [0.15, 0.2) is 0 Å². The Bertz CT molecular complexity index is 637. The number of carbonyl (C=O) groups is 1. The van der Waals surface area contributed by atoms with Crippen LogP contribution in [0.1, 0.15) is 20.8 Å². The summed E-state index contributed by atoms with van der Waals surface area (Å²) in [6, 6.07) is 6.23. The van der Waals surface area contributed by atoms with E-state index in [0.717, 1.165) is 10.4 Å². The molecule has 6 heteroatoms. The standard InChI is InChI=1S/C13H11ClN2O2S/c1-8-4-5-19-12(8)7-15-16-13(18)10-6-9(14)2-3-11(10)17/h2-7,17H,1H3,(H,16,18). The van der Waals surface area contributed by atoms with Crippen LogP contribution in [0.15, 0.2) is 34.7 Å². The van der Waals surface area contributed by atoms with Crippen LogP contribution in [0.2, 0.25) is 5.02 Å². The number of hydrogen-bond acceptors (Lipinski definition) is 4. The molecule has 98 valence electrons. The number of halogens is 1. The van der Waals surface area contributed by atoms with E-state index in [9.17, 15) is 9.90 Å². The average molecular weight is 295 g/mol. The minimum absolute atomic E-state index is 0.0903. The highest BCUT2D eigenvalue weighted by Crippen LogP contribution is 2.21. The van der Waals surface area contributed by atoms with Crippen LogP contribution in [0, 0.1) is 6.92 Å². The maximum atomic E-state index is 11.8. The van der Waals surface area contributed by atoms with Crippen LogP contribution in [-0.4, -0.2) is 17.2 Å². The van der Waals surface area contributed by atoms with Crippen molar-refractivity contribution >= 4 is 35.1 Å². The number of amides is 1. The van der Waals surface area contributed by atoms with Gasteiger partial charge in [0, 0.05) is 9.90 Å². The number of phenols is 1. The van der Waals surface area contributed by atoms with E-state index in [-0.39, 0.29) is 11.3 Å². The van der Waals surface area contributed by atoms with Crippen LogP contribution < -0.4 is 5.43 Å². The molecule has 2 rings (SSSR count). The van der Waals surface area contributed by atoms with Gasteiger partial charge in [-0.3, -0.25) is 4.79 Å². The van der Waals surface area contributed by atoms with E-state index in [1.54, 1.807) is 6.21 Å². The Labute approximate surface area is 119 Å². The number of hydrazone groups is 1. The van der Waals surface area contributed by atoms with Gasteiger partial charge in [0.2, 0.25) is 0 Å². The van der Waals surface area contributed by atoms with Crippen LogP contribution in [0.5, 0.6) is 5.75 Å². The largest absolute Gasteiger partial charge is 0.507 e. The molecular weight excluding hydrogens is 284 g/mol. The summed E-state index contributed by atoms with van der Waals surface area (Å²) in [6.07, 6.45) is 1.57. The van der Waals surface area contributed by atoms with E-state index < -0.39 is 5.91 Å². The highest BCUT2D eigenvalue weighted by atomic mass is 35.5. The molecule has 0 aliphatic carbocycles. The Hall–Kier alpha value is -1.85. The lowest BCUT2D eigenvalue weighted by molar-refractivity contribution is 0.0952. The summed E-state index contributed by atoms with van der Waals surface area (Å²) in [4.78, 5) is 12.8. The minimum Gasteiger partial charge on any atom is -0.507 e. The Morgan fingerprint density at radius 1 is 1.47 bits per heavy atom. The average Bonchev–Trinajstić information content (AvgIpc) is 2.78. The Morgan fingerprint density at radius 2 is 2.26 bits per heavy atom. The van der Waals surface area contributed by atoms with E-state index >= 15 is 0 Å². The van der Waals surface area contributed by atoms with Gasteiger partial charge in [0.05, 0.1) is 11.8 Å². The zero-order valence-electron chi connectivity index (χ0n) is 10.1. The lowest BCUT2D eigenvalue weighted by atomic mass is 10.2. The number of aromatic hydroxyl groups is 1. The van der Waals surface area contributed by atoms with Gasteiger partial charge in [-0.2, -0.15) is 5.10 Å². The lowest BCUT2D eigenvalue weighted by Gasteiger charge is -2.03. The number of phenolic OH excluding ortho intramolecular Hbond substituents is 1.